The largest absolute Gasteiger partial charge is 0.507 e. The minimum atomic E-state index is -3.76. The van der Waals surface area contributed by atoms with Gasteiger partial charge >= 0.3 is 0 Å². The Kier molecular flexibility index (Phi) is 6.38. The van der Waals surface area contributed by atoms with Crippen LogP contribution in [-0.4, -0.2) is 36.2 Å². The number of para-hydroxylation sites is 2. The zero-order valence-corrected chi connectivity index (χ0v) is 19.5. The van der Waals surface area contributed by atoms with Crippen molar-refractivity contribution in [2.24, 2.45) is 0 Å². The summed E-state index contributed by atoms with van der Waals surface area (Å²) in [6.45, 7) is 3.83. The molecule has 0 unspecified atom stereocenters. The number of nitrogens with one attached hydrogen (secondary N) is 2. The van der Waals surface area contributed by atoms with Gasteiger partial charge in [-0.25, -0.2) is 8.42 Å². The van der Waals surface area contributed by atoms with Crippen LogP contribution in [0.2, 0.25) is 0 Å². The molecular weight excluding hydrogens is 452 g/mol. The molecule has 0 bridgehead atoms. The minimum absolute atomic E-state index is 0.106. The predicted molar refractivity (Wildman–Crippen MR) is 131 cm³/mol. The van der Waals surface area contributed by atoms with Gasteiger partial charge in [0.1, 0.15) is 11.4 Å². The van der Waals surface area contributed by atoms with Gasteiger partial charge in [-0.15, -0.1) is 0 Å². The Balaban J connectivity index is 1.50. The van der Waals surface area contributed by atoms with Gasteiger partial charge in [0.05, 0.1) is 16.3 Å². The van der Waals surface area contributed by atoms with E-state index < -0.39 is 15.9 Å². The van der Waals surface area contributed by atoms with E-state index in [-0.39, 0.29) is 22.9 Å². The number of benzene rings is 3. The van der Waals surface area contributed by atoms with Crippen molar-refractivity contribution in [3.63, 3.8) is 0 Å². The Morgan fingerprint density at radius 1 is 1.03 bits per heavy atom. The highest BCUT2D eigenvalue weighted by Crippen LogP contribution is 2.31. The Morgan fingerprint density at radius 3 is 2.41 bits per heavy atom. The first-order chi connectivity index (χ1) is 16.3. The highest BCUT2D eigenvalue weighted by Gasteiger charge is 2.23. The van der Waals surface area contributed by atoms with Gasteiger partial charge in [-0.1, -0.05) is 30.3 Å². The van der Waals surface area contributed by atoms with Crippen LogP contribution in [0.25, 0.3) is 11.3 Å². The summed E-state index contributed by atoms with van der Waals surface area (Å²) in [6.07, 6.45) is 0. The van der Waals surface area contributed by atoms with E-state index in [9.17, 15) is 18.3 Å². The number of H-pyrrole nitrogens is 1. The molecule has 0 saturated heterocycles. The predicted octanol–water partition coefficient (Wildman–Crippen LogP) is 4.56. The maximum atomic E-state index is 13.1. The topological polar surface area (TPSA) is 115 Å². The van der Waals surface area contributed by atoms with E-state index >= 15 is 0 Å². The molecule has 0 aliphatic heterocycles. The standard InChI is InChI=1S/C25H24N4O4S/c1-3-29(19-9-5-4-6-10-19)34(32,33)20-14-12-18(13-15-20)26-25(31)23-16-22(27-28-23)21-11-7-8-17(2)24(21)30/h4-16,30H,3H2,1-2H3,(H,26,31)(H,27,28). The Morgan fingerprint density at radius 2 is 1.74 bits per heavy atom. The number of carbonyl (C=O) groups excluding carboxylic acids is 1. The van der Waals surface area contributed by atoms with E-state index in [1.54, 1.807) is 62.4 Å². The number of aromatic nitrogens is 2. The SMILES string of the molecule is CCN(c1ccccc1)S(=O)(=O)c1ccc(NC(=O)c2cc(-c3cccc(C)c3O)n[nH]2)cc1. The first-order valence-corrected chi connectivity index (χ1v) is 12.1. The van der Waals surface area contributed by atoms with Gasteiger partial charge in [-0.2, -0.15) is 5.10 Å². The van der Waals surface area contributed by atoms with E-state index in [0.29, 0.717) is 28.2 Å². The third-order valence-electron chi connectivity index (χ3n) is 5.37. The highest BCUT2D eigenvalue weighted by atomic mass is 32.2. The number of nitrogens with zero attached hydrogens (tertiary/aromatic N) is 2. The number of amides is 1. The van der Waals surface area contributed by atoms with Crippen molar-refractivity contribution >= 4 is 27.3 Å². The zero-order valence-electron chi connectivity index (χ0n) is 18.7. The number of anilines is 2. The van der Waals surface area contributed by atoms with E-state index in [1.807, 2.05) is 6.07 Å². The molecule has 3 N–H and O–H groups in total. The third kappa shape index (κ3) is 4.51. The van der Waals surface area contributed by atoms with Crippen LogP contribution in [0, 0.1) is 6.92 Å². The van der Waals surface area contributed by atoms with Gasteiger partial charge in [-0.3, -0.25) is 14.2 Å². The lowest BCUT2D eigenvalue weighted by molar-refractivity contribution is 0.102. The molecule has 3 aromatic carbocycles. The lowest BCUT2D eigenvalue weighted by atomic mass is 10.1. The molecule has 0 saturated carbocycles. The van der Waals surface area contributed by atoms with Gasteiger partial charge in [0.2, 0.25) is 0 Å². The highest BCUT2D eigenvalue weighted by molar-refractivity contribution is 7.92. The molecule has 1 amide bonds. The average Bonchev–Trinajstić information content (AvgIpc) is 3.32. The van der Waals surface area contributed by atoms with Crippen LogP contribution in [0.4, 0.5) is 11.4 Å². The fourth-order valence-corrected chi connectivity index (χ4v) is 5.04. The number of aromatic amines is 1. The maximum absolute atomic E-state index is 13.1. The molecule has 0 spiro atoms. The van der Waals surface area contributed by atoms with E-state index in [2.05, 4.69) is 15.5 Å². The van der Waals surface area contributed by atoms with Crippen molar-refractivity contribution in [1.82, 2.24) is 10.2 Å². The van der Waals surface area contributed by atoms with Crippen molar-refractivity contribution in [3.8, 4) is 17.0 Å². The molecule has 8 nitrogen and oxygen atoms in total. The number of phenols is 1. The normalized spacial score (nSPS) is 11.2. The Bertz CT molecular complexity index is 1420. The summed E-state index contributed by atoms with van der Waals surface area (Å²) in [5.41, 5.74) is 2.87. The number of rotatable bonds is 7. The molecular formula is C25H24N4O4S. The van der Waals surface area contributed by atoms with Crippen molar-refractivity contribution in [1.29, 1.82) is 0 Å². The van der Waals surface area contributed by atoms with Gasteiger partial charge in [0, 0.05) is 17.8 Å². The van der Waals surface area contributed by atoms with E-state index in [0.717, 1.165) is 0 Å². The molecule has 0 fully saturated rings. The maximum Gasteiger partial charge on any atom is 0.273 e. The summed E-state index contributed by atoms with van der Waals surface area (Å²) in [5, 5.41) is 19.8. The minimum Gasteiger partial charge on any atom is -0.507 e. The van der Waals surface area contributed by atoms with Crippen LogP contribution in [0.1, 0.15) is 23.0 Å². The number of aryl methyl sites for hydroxylation is 1. The second-order valence-corrected chi connectivity index (χ2v) is 9.48. The molecule has 174 valence electrons. The van der Waals surface area contributed by atoms with Gasteiger partial charge < -0.3 is 10.4 Å². The first-order valence-electron chi connectivity index (χ1n) is 10.6. The second kappa shape index (κ2) is 9.40. The molecule has 1 aromatic heterocycles. The molecule has 0 aliphatic carbocycles. The lowest BCUT2D eigenvalue weighted by Gasteiger charge is -2.23. The summed E-state index contributed by atoms with van der Waals surface area (Å²) >= 11 is 0. The van der Waals surface area contributed by atoms with E-state index in [4.69, 9.17) is 0 Å². The second-order valence-electron chi connectivity index (χ2n) is 7.62. The van der Waals surface area contributed by atoms with Gasteiger partial charge in [0.15, 0.2) is 0 Å². The monoisotopic (exact) mass is 476 g/mol. The lowest BCUT2D eigenvalue weighted by Crippen LogP contribution is -2.30. The van der Waals surface area contributed by atoms with E-state index in [1.165, 1.54) is 28.6 Å². The Labute approximate surface area is 197 Å². The molecule has 4 rings (SSSR count). The van der Waals surface area contributed by atoms with Crippen molar-refractivity contribution in [3.05, 3.63) is 90.1 Å². The summed E-state index contributed by atoms with van der Waals surface area (Å²) in [6, 6.07) is 21.7. The number of sulfonamides is 1. The van der Waals surface area contributed by atoms with Crippen LogP contribution in [0.3, 0.4) is 0 Å². The number of hydrogen-bond donors (Lipinski definition) is 3. The zero-order chi connectivity index (χ0) is 24.3. The van der Waals surface area contributed by atoms with Crippen molar-refractivity contribution in [2.45, 2.75) is 18.7 Å². The molecule has 34 heavy (non-hydrogen) atoms. The summed E-state index contributed by atoms with van der Waals surface area (Å²) in [5.74, 6) is -0.338. The average molecular weight is 477 g/mol. The van der Waals surface area contributed by atoms with Crippen LogP contribution in [-0.2, 0) is 10.0 Å². The summed E-state index contributed by atoms with van der Waals surface area (Å²) < 4.78 is 27.6. The number of carbonyl (C=O) groups is 1. The van der Waals surface area contributed by atoms with Crippen LogP contribution in [0.5, 0.6) is 5.75 Å². The number of hydrogen-bond acceptors (Lipinski definition) is 5. The fraction of sp³-hybridized carbons (Fsp3) is 0.120. The molecule has 0 atom stereocenters. The third-order valence-corrected chi connectivity index (χ3v) is 7.28. The molecule has 1 heterocycles. The van der Waals surface area contributed by atoms with Crippen LogP contribution < -0.4 is 9.62 Å². The fourth-order valence-electron chi connectivity index (χ4n) is 3.56. The molecule has 0 aliphatic rings. The van der Waals surface area contributed by atoms with Gasteiger partial charge in [0.25, 0.3) is 15.9 Å². The van der Waals surface area contributed by atoms with Crippen molar-refractivity contribution in [2.75, 3.05) is 16.2 Å². The van der Waals surface area contributed by atoms with Crippen LogP contribution >= 0.6 is 0 Å². The summed E-state index contributed by atoms with van der Waals surface area (Å²) in [4.78, 5) is 12.8. The van der Waals surface area contributed by atoms with Gasteiger partial charge in [-0.05, 0) is 67.9 Å². The molecule has 0 radical (unpaired) electrons. The Hall–Kier alpha value is -4.11. The quantitative estimate of drug-likeness (QED) is 0.362. The molecule has 4 aromatic rings. The summed E-state index contributed by atoms with van der Waals surface area (Å²) in [7, 11) is -3.76. The first kappa shape index (κ1) is 23.1. The van der Waals surface area contributed by atoms with Crippen molar-refractivity contribution < 1.29 is 18.3 Å². The van der Waals surface area contributed by atoms with Crippen LogP contribution in [0.15, 0.2) is 83.8 Å². The number of aromatic hydroxyl groups is 1. The smallest absolute Gasteiger partial charge is 0.273 e. The number of phenolic OH excluding ortho intramolecular Hbond substituents is 1. The molecule has 9 heteroatoms.